The minimum atomic E-state index is 1.04. The first-order chi connectivity index (χ1) is 28.8. The third-order valence-electron chi connectivity index (χ3n) is 11.3. The van der Waals surface area contributed by atoms with Crippen molar-refractivity contribution in [2.45, 2.75) is 12.8 Å². The van der Waals surface area contributed by atoms with E-state index in [0.717, 1.165) is 41.3 Å². The summed E-state index contributed by atoms with van der Waals surface area (Å²) in [6.45, 7) is 0. The van der Waals surface area contributed by atoms with Gasteiger partial charge in [0, 0.05) is 34.1 Å². The maximum Gasteiger partial charge on any atom is 0.0462 e. The third-order valence-corrected chi connectivity index (χ3v) is 11.3. The van der Waals surface area contributed by atoms with Gasteiger partial charge in [-0.1, -0.05) is 164 Å². The number of fused-ring (bicyclic) bond motifs is 2. The molecule has 0 saturated heterocycles. The molecule has 276 valence electrons. The molecule has 0 atom stereocenters. The van der Waals surface area contributed by atoms with Gasteiger partial charge in [-0.3, -0.25) is 0 Å². The largest absolute Gasteiger partial charge is 0.311 e. The molecule has 0 aliphatic heterocycles. The molecule has 0 fully saturated rings. The lowest BCUT2D eigenvalue weighted by Crippen LogP contribution is -2.16. The van der Waals surface area contributed by atoms with Crippen LogP contribution in [0.1, 0.15) is 12.8 Å². The maximum absolute atomic E-state index is 2.37. The van der Waals surface area contributed by atoms with Crippen molar-refractivity contribution in [1.82, 2.24) is 0 Å². The number of nitrogens with zero attached hydrogens (tertiary/aromatic N) is 2. The first-order valence-electron chi connectivity index (χ1n) is 20.2. The van der Waals surface area contributed by atoms with Crippen molar-refractivity contribution in [3.63, 3.8) is 0 Å². The number of hydrogen-bond acceptors (Lipinski definition) is 2. The second-order valence-corrected chi connectivity index (χ2v) is 14.9. The molecule has 0 saturated carbocycles. The van der Waals surface area contributed by atoms with Crippen LogP contribution in [0.2, 0.25) is 0 Å². The van der Waals surface area contributed by atoms with Gasteiger partial charge in [-0.2, -0.15) is 0 Å². The van der Waals surface area contributed by atoms with Gasteiger partial charge >= 0.3 is 0 Å². The molecule has 1 aliphatic rings. The summed E-state index contributed by atoms with van der Waals surface area (Å²) in [7, 11) is 0. The summed E-state index contributed by atoms with van der Waals surface area (Å²) in [6, 6.07) is 76.8. The predicted octanol–water partition coefficient (Wildman–Crippen LogP) is 15.8. The number of rotatable bonds is 9. The summed E-state index contributed by atoms with van der Waals surface area (Å²) < 4.78 is 0. The lowest BCUT2D eigenvalue weighted by Gasteiger charge is -2.28. The number of allylic oxidation sites excluding steroid dienone is 3. The zero-order valence-corrected chi connectivity index (χ0v) is 32.2. The molecular formula is C56H42N2. The van der Waals surface area contributed by atoms with E-state index >= 15 is 0 Å². The number of hydrogen-bond donors (Lipinski definition) is 0. The first-order valence-corrected chi connectivity index (χ1v) is 20.2. The minimum Gasteiger partial charge on any atom is -0.311 e. The molecule has 0 unspecified atom stereocenters. The fourth-order valence-electron chi connectivity index (χ4n) is 8.38. The Hall–Kier alpha value is -7.42. The van der Waals surface area contributed by atoms with E-state index in [0.29, 0.717) is 0 Å². The van der Waals surface area contributed by atoms with Crippen LogP contribution >= 0.6 is 0 Å². The smallest absolute Gasteiger partial charge is 0.0462 e. The molecule has 10 rings (SSSR count). The molecule has 0 amide bonds. The van der Waals surface area contributed by atoms with Crippen molar-refractivity contribution >= 4 is 50.0 Å². The van der Waals surface area contributed by atoms with Crippen molar-refractivity contribution in [2.24, 2.45) is 0 Å². The van der Waals surface area contributed by atoms with Gasteiger partial charge in [-0.25, -0.2) is 0 Å². The van der Waals surface area contributed by atoms with Crippen LogP contribution in [0.3, 0.4) is 0 Å². The van der Waals surface area contributed by atoms with Gasteiger partial charge in [0.15, 0.2) is 0 Å². The summed E-state index contributed by atoms with van der Waals surface area (Å²) in [4.78, 5) is 4.70. The molecule has 0 spiro atoms. The Kier molecular flexibility index (Phi) is 9.43. The van der Waals surface area contributed by atoms with Crippen LogP contribution in [0.4, 0.5) is 28.4 Å². The van der Waals surface area contributed by atoms with E-state index in [1.54, 1.807) is 0 Å². The van der Waals surface area contributed by atoms with E-state index in [1.807, 2.05) is 0 Å². The summed E-state index contributed by atoms with van der Waals surface area (Å²) in [5.41, 5.74) is 14.1. The second kappa shape index (κ2) is 15.6. The number of benzene rings is 9. The van der Waals surface area contributed by atoms with Gasteiger partial charge in [0.2, 0.25) is 0 Å². The lowest BCUT2D eigenvalue weighted by atomic mass is 9.98. The summed E-state index contributed by atoms with van der Waals surface area (Å²) in [5.74, 6) is 0. The Labute approximate surface area is 340 Å². The van der Waals surface area contributed by atoms with E-state index in [4.69, 9.17) is 0 Å². The summed E-state index contributed by atoms with van der Waals surface area (Å²) in [5, 5.41) is 5.05. The first kappa shape index (κ1) is 35.0. The Balaban J connectivity index is 0.934. The van der Waals surface area contributed by atoms with E-state index in [1.165, 1.54) is 60.6 Å². The number of anilines is 5. The minimum absolute atomic E-state index is 1.04. The van der Waals surface area contributed by atoms with Gasteiger partial charge in [0.05, 0.1) is 0 Å². The predicted molar refractivity (Wildman–Crippen MR) is 247 cm³/mol. The second-order valence-electron chi connectivity index (χ2n) is 14.9. The van der Waals surface area contributed by atoms with Gasteiger partial charge < -0.3 is 9.80 Å². The van der Waals surface area contributed by atoms with Crippen molar-refractivity contribution < 1.29 is 0 Å². The SMILES string of the molecule is C1=CC(N(c2ccc(-c3ccc(N(c4ccccc4)c4ccc(-c5cccc6ccccc56)cc4)cc3)cc2)c2ccc(-c3cccc4ccccc34)cc2)=CCC1. The van der Waals surface area contributed by atoms with Crippen LogP contribution in [-0.4, -0.2) is 0 Å². The average molecular weight is 743 g/mol. The maximum atomic E-state index is 2.37. The highest BCUT2D eigenvalue weighted by molar-refractivity contribution is 5.98. The van der Waals surface area contributed by atoms with E-state index in [2.05, 4.69) is 240 Å². The molecule has 9 aromatic rings. The van der Waals surface area contributed by atoms with Crippen molar-refractivity contribution in [2.75, 3.05) is 9.80 Å². The Morgan fingerprint density at radius 1 is 0.293 bits per heavy atom. The monoisotopic (exact) mass is 742 g/mol. The molecule has 2 heteroatoms. The molecule has 0 aromatic heterocycles. The normalized spacial score (nSPS) is 12.4. The quantitative estimate of drug-likeness (QED) is 0.145. The fraction of sp³-hybridized carbons (Fsp3) is 0.0357. The van der Waals surface area contributed by atoms with Crippen LogP contribution < -0.4 is 9.80 Å². The van der Waals surface area contributed by atoms with Crippen LogP contribution in [0.25, 0.3) is 54.9 Å². The Morgan fingerprint density at radius 3 is 1.16 bits per heavy atom. The number of para-hydroxylation sites is 1. The van der Waals surface area contributed by atoms with Gasteiger partial charge in [-0.05, 0) is 135 Å². The van der Waals surface area contributed by atoms with E-state index in [9.17, 15) is 0 Å². The average Bonchev–Trinajstić information content (AvgIpc) is 3.30. The Morgan fingerprint density at radius 2 is 0.690 bits per heavy atom. The molecule has 2 nitrogen and oxygen atoms in total. The summed E-state index contributed by atoms with van der Waals surface area (Å²) >= 11 is 0. The van der Waals surface area contributed by atoms with Crippen molar-refractivity contribution in [3.05, 3.63) is 236 Å². The van der Waals surface area contributed by atoms with E-state index in [-0.39, 0.29) is 0 Å². The molecular weight excluding hydrogens is 701 g/mol. The highest BCUT2D eigenvalue weighted by Crippen LogP contribution is 2.39. The highest BCUT2D eigenvalue weighted by Gasteiger charge is 2.17. The molecule has 0 bridgehead atoms. The Bertz CT molecular complexity index is 2890. The van der Waals surface area contributed by atoms with Crippen LogP contribution in [0.15, 0.2) is 236 Å². The molecule has 0 radical (unpaired) electrons. The molecule has 58 heavy (non-hydrogen) atoms. The lowest BCUT2D eigenvalue weighted by molar-refractivity contribution is 0.997. The van der Waals surface area contributed by atoms with Gasteiger partial charge in [-0.15, -0.1) is 0 Å². The van der Waals surface area contributed by atoms with Crippen molar-refractivity contribution in [3.8, 4) is 33.4 Å². The van der Waals surface area contributed by atoms with Crippen molar-refractivity contribution in [1.29, 1.82) is 0 Å². The zero-order valence-electron chi connectivity index (χ0n) is 32.2. The van der Waals surface area contributed by atoms with Crippen LogP contribution in [-0.2, 0) is 0 Å². The molecule has 9 aromatic carbocycles. The molecule has 0 N–H and O–H groups in total. The van der Waals surface area contributed by atoms with E-state index < -0.39 is 0 Å². The fourth-order valence-corrected chi connectivity index (χ4v) is 8.38. The molecule has 1 aliphatic carbocycles. The highest BCUT2D eigenvalue weighted by atomic mass is 15.1. The molecule has 0 heterocycles. The van der Waals surface area contributed by atoms with Gasteiger partial charge in [0.25, 0.3) is 0 Å². The summed E-state index contributed by atoms with van der Waals surface area (Å²) in [6.07, 6.45) is 8.99. The van der Waals surface area contributed by atoms with Crippen LogP contribution in [0, 0.1) is 0 Å². The third kappa shape index (κ3) is 6.86. The van der Waals surface area contributed by atoms with Crippen LogP contribution in [0.5, 0.6) is 0 Å². The zero-order chi connectivity index (χ0) is 38.7. The standard InChI is InChI=1S/C56H42N2/c1-3-17-47(18-4-1)57(51-37-29-45(30-38-51)55-23-11-15-43-13-7-9-21-53(43)55)49-33-25-41(26-34-49)42-27-35-50(36-28-42)58(48-19-5-2-6-20-48)52-39-31-46(32-40-52)56-24-12-16-44-14-8-10-22-54(44)56/h1,3-5,7-40H,2,6H2. The van der Waals surface area contributed by atoms with Gasteiger partial charge in [0.1, 0.15) is 0 Å². The topological polar surface area (TPSA) is 6.48 Å².